The van der Waals surface area contributed by atoms with Crippen LogP contribution in [0.25, 0.3) is 0 Å². The molecule has 0 saturated carbocycles. The van der Waals surface area contributed by atoms with Gasteiger partial charge in [-0.2, -0.15) is 13.4 Å². The van der Waals surface area contributed by atoms with Gasteiger partial charge in [-0.25, -0.2) is 4.79 Å². The van der Waals surface area contributed by atoms with Crippen LogP contribution in [0.15, 0.2) is 51.0 Å². The van der Waals surface area contributed by atoms with Crippen molar-refractivity contribution >= 4 is 21.9 Å². The number of aromatic nitrogens is 2. The number of carbonyl (C=O) groups is 1. The third kappa shape index (κ3) is 3.97. The van der Waals surface area contributed by atoms with Gasteiger partial charge in [-0.1, -0.05) is 35.5 Å². The van der Waals surface area contributed by atoms with Gasteiger partial charge < -0.3 is 9.26 Å². The smallest absolute Gasteiger partial charge is 0.344 e. The van der Waals surface area contributed by atoms with E-state index in [2.05, 4.69) is 14.5 Å². The summed E-state index contributed by atoms with van der Waals surface area (Å²) in [4.78, 5) is 16.2. The molecule has 10 heteroatoms. The predicted octanol–water partition coefficient (Wildman–Crippen LogP) is 1.53. The molecule has 9 nitrogen and oxygen atoms in total. The van der Waals surface area contributed by atoms with Crippen molar-refractivity contribution in [2.75, 3.05) is 0 Å². The van der Waals surface area contributed by atoms with Crippen LogP contribution in [0.2, 0.25) is 0 Å². The highest BCUT2D eigenvalue weighted by Gasteiger charge is 2.29. The third-order valence-corrected chi connectivity index (χ3v) is 4.85. The standard InChI is InChI=1S/C16H16N4O5S/c1-11-14(16(21)24-10-15-17-12(2)25-18-15)9-20(26(22,23)19-11)8-13-6-4-3-5-7-13/h3-7,9H,8,10H2,1-2H3. The molecule has 2 aromatic rings. The Morgan fingerprint density at radius 2 is 1.96 bits per heavy atom. The topological polar surface area (TPSA) is 115 Å². The quantitative estimate of drug-likeness (QED) is 0.727. The van der Waals surface area contributed by atoms with E-state index in [9.17, 15) is 13.2 Å². The molecule has 0 bridgehead atoms. The number of hydrogen-bond donors (Lipinski definition) is 0. The zero-order valence-corrected chi connectivity index (χ0v) is 14.9. The zero-order valence-electron chi connectivity index (χ0n) is 14.1. The van der Waals surface area contributed by atoms with Gasteiger partial charge >= 0.3 is 16.2 Å². The first-order valence-corrected chi connectivity index (χ1v) is 9.05. The maximum absolute atomic E-state index is 12.3. The molecule has 1 aliphatic heterocycles. The van der Waals surface area contributed by atoms with Crippen LogP contribution in [0.3, 0.4) is 0 Å². The number of nitrogens with zero attached hydrogens (tertiary/aromatic N) is 4. The normalized spacial score (nSPS) is 16.0. The molecular weight excluding hydrogens is 360 g/mol. The molecule has 136 valence electrons. The van der Waals surface area contributed by atoms with Crippen molar-refractivity contribution < 1.29 is 22.5 Å². The molecule has 0 unspecified atom stereocenters. The Morgan fingerprint density at radius 3 is 2.62 bits per heavy atom. The fourth-order valence-corrected chi connectivity index (χ4v) is 3.38. The van der Waals surface area contributed by atoms with Gasteiger partial charge in [-0.15, -0.1) is 4.40 Å². The van der Waals surface area contributed by atoms with Crippen LogP contribution in [0, 0.1) is 6.92 Å². The molecule has 0 aliphatic carbocycles. The molecule has 2 heterocycles. The van der Waals surface area contributed by atoms with Crippen LogP contribution in [-0.2, 0) is 32.9 Å². The Kier molecular flexibility index (Phi) is 4.85. The highest BCUT2D eigenvalue weighted by molar-refractivity contribution is 7.88. The Morgan fingerprint density at radius 1 is 1.23 bits per heavy atom. The molecule has 1 aromatic heterocycles. The van der Waals surface area contributed by atoms with E-state index in [1.165, 1.54) is 13.1 Å². The minimum Gasteiger partial charge on any atom is -0.454 e. The molecule has 0 atom stereocenters. The van der Waals surface area contributed by atoms with Crippen LogP contribution in [-0.4, -0.2) is 34.5 Å². The molecule has 0 radical (unpaired) electrons. The summed E-state index contributed by atoms with van der Waals surface area (Å²) >= 11 is 0. The lowest BCUT2D eigenvalue weighted by atomic mass is 10.2. The van der Waals surface area contributed by atoms with Crippen molar-refractivity contribution in [1.29, 1.82) is 0 Å². The first-order chi connectivity index (χ1) is 12.3. The second-order valence-corrected chi connectivity index (χ2v) is 7.08. The van der Waals surface area contributed by atoms with E-state index in [0.717, 1.165) is 9.87 Å². The van der Waals surface area contributed by atoms with Crippen LogP contribution >= 0.6 is 0 Å². The lowest BCUT2D eigenvalue weighted by Gasteiger charge is -2.23. The fraction of sp³-hybridized carbons (Fsp3) is 0.250. The molecule has 26 heavy (non-hydrogen) atoms. The minimum atomic E-state index is -3.90. The maximum Gasteiger partial charge on any atom is 0.344 e. The van der Waals surface area contributed by atoms with E-state index >= 15 is 0 Å². The van der Waals surface area contributed by atoms with Crippen molar-refractivity contribution in [3.05, 3.63) is 59.4 Å². The van der Waals surface area contributed by atoms with Gasteiger partial charge in [0.1, 0.15) is 0 Å². The maximum atomic E-state index is 12.3. The summed E-state index contributed by atoms with van der Waals surface area (Å²) in [5.41, 5.74) is 0.872. The number of esters is 1. The summed E-state index contributed by atoms with van der Waals surface area (Å²) in [5.74, 6) is -0.150. The lowest BCUT2D eigenvalue weighted by Crippen LogP contribution is -2.31. The molecule has 1 aromatic carbocycles. The van der Waals surface area contributed by atoms with Gasteiger partial charge in [0.05, 0.1) is 17.8 Å². The Labute approximate surface area is 150 Å². The predicted molar refractivity (Wildman–Crippen MR) is 90.9 cm³/mol. The van der Waals surface area contributed by atoms with Crippen molar-refractivity contribution in [1.82, 2.24) is 14.4 Å². The summed E-state index contributed by atoms with van der Waals surface area (Å²) in [6.45, 7) is 2.92. The summed E-state index contributed by atoms with van der Waals surface area (Å²) in [5, 5.41) is 3.63. The van der Waals surface area contributed by atoms with Crippen LogP contribution in [0.4, 0.5) is 0 Å². The average molecular weight is 376 g/mol. The number of rotatable bonds is 5. The van der Waals surface area contributed by atoms with E-state index in [1.807, 2.05) is 6.07 Å². The molecule has 0 saturated heterocycles. The number of ether oxygens (including phenoxy) is 1. The zero-order chi connectivity index (χ0) is 18.7. The second-order valence-electron chi connectivity index (χ2n) is 5.53. The van der Waals surface area contributed by atoms with Crippen molar-refractivity contribution in [2.24, 2.45) is 4.40 Å². The van der Waals surface area contributed by atoms with Crippen molar-refractivity contribution in [3.8, 4) is 0 Å². The van der Waals surface area contributed by atoms with Gasteiger partial charge in [0, 0.05) is 13.1 Å². The lowest BCUT2D eigenvalue weighted by molar-refractivity contribution is -0.140. The molecule has 3 rings (SSSR count). The summed E-state index contributed by atoms with van der Waals surface area (Å²) in [7, 11) is -3.90. The number of aryl methyl sites for hydroxylation is 1. The van der Waals surface area contributed by atoms with Gasteiger partial charge in [0.2, 0.25) is 11.7 Å². The molecule has 0 N–H and O–H groups in total. The monoisotopic (exact) mass is 376 g/mol. The first kappa shape index (κ1) is 17.8. The van der Waals surface area contributed by atoms with Crippen LogP contribution < -0.4 is 0 Å². The third-order valence-electron chi connectivity index (χ3n) is 3.51. The molecular formula is C16H16N4O5S. The van der Waals surface area contributed by atoms with Crippen LogP contribution in [0.5, 0.6) is 0 Å². The molecule has 0 spiro atoms. The van der Waals surface area contributed by atoms with Crippen molar-refractivity contribution in [3.63, 3.8) is 0 Å². The van der Waals surface area contributed by atoms with Gasteiger partial charge in [-0.05, 0) is 12.5 Å². The van der Waals surface area contributed by atoms with Crippen molar-refractivity contribution in [2.45, 2.75) is 27.0 Å². The Hall–Kier alpha value is -3.01. The molecule has 0 amide bonds. The fourth-order valence-electron chi connectivity index (χ4n) is 2.28. The van der Waals surface area contributed by atoms with E-state index < -0.39 is 16.2 Å². The Balaban J connectivity index is 1.78. The van der Waals surface area contributed by atoms with Gasteiger partial charge in [-0.3, -0.25) is 4.31 Å². The SMILES string of the molecule is CC1=NS(=O)(=O)N(Cc2ccccc2)C=C1C(=O)OCc1noc(C)n1. The van der Waals surface area contributed by atoms with E-state index in [1.54, 1.807) is 31.2 Å². The van der Waals surface area contributed by atoms with E-state index in [0.29, 0.717) is 5.89 Å². The summed E-state index contributed by atoms with van der Waals surface area (Å²) in [6, 6.07) is 8.99. The highest BCUT2D eigenvalue weighted by atomic mass is 32.2. The summed E-state index contributed by atoms with van der Waals surface area (Å²) in [6.07, 6.45) is 1.23. The first-order valence-electron chi connectivity index (χ1n) is 7.66. The number of benzene rings is 1. The average Bonchev–Trinajstić information content (AvgIpc) is 3.01. The minimum absolute atomic E-state index is 0.0518. The largest absolute Gasteiger partial charge is 0.454 e. The van der Waals surface area contributed by atoms with E-state index in [-0.39, 0.29) is 30.3 Å². The number of hydrogen-bond acceptors (Lipinski definition) is 7. The van der Waals surface area contributed by atoms with Gasteiger partial charge in [0.15, 0.2) is 6.61 Å². The van der Waals surface area contributed by atoms with Gasteiger partial charge in [0.25, 0.3) is 0 Å². The van der Waals surface area contributed by atoms with E-state index in [4.69, 9.17) is 9.26 Å². The van der Waals surface area contributed by atoms with Crippen LogP contribution in [0.1, 0.15) is 24.2 Å². The molecule has 1 aliphatic rings. The molecule has 0 fully saturated rings. The highest BCUT2D eigenvalue weighted by Crippen LogP contribution is 2.20. The second kappa shape index (κ2) is 7.08. The number of carbonyl (C=O) groups excluding carboxylic acids is 1. The Bertz CT molecular complexity index is 979. The summed E-state index contributed by atoms with van der Waals surface area (Å²) < 4.78 is 39.1.